The molecule has 0 amide bonds. The Bertz CT molecular complexity index is 670. The highest BCUT2D eigenvalue weighted by Gasteiger charge is 2.17. The zero-order valence-electron chi connectivity index (χ0n) is 12.4. The fourth-order valence-electron chi connectivity index (χ4n) is 2.75. The fraction of sp³-hybridized carbons (Fsp3) is 0.263. The van der Waals surface area contributed by atoms with Crippen molar-refractivity contribution < 1.29 is 9.84 Å². The summed E-state index contributed by atoms with van der Waals surface area (Å²) in [6, 6.07) is 16.1. The minimum absolute atomic E-state index is 0.739. The Hall–Kier alpha value is -2.28. The van der Waals surface area contributed by atoms with E-state index in [0.717, 1.165) is 48.7 Å². The number of rotatable bonds is 3. The zero-order chi connectivity index (χ0) is 15.4. The van der Waals surface area contributed by atoms with Crippen molar-refractivity contribution >= 4 is 5.69 Å². The summed E-state index contributed by atoms with van der Waals surface area (Å²) in [6.45, 7) is 3.22. The van der Waals surface area contributed by atoms with Crippen LogP contribution < -0.4 is 4.90 Å². The van der Waals surface area contributed by atoms with Gasteiger partial charge in [-0.3, -0.25) is 0 Å². The van der Waals surface area contributed by atoms with Crippen molar-refractivity contribution in [3.63, 3.8) is 0 Å². The lowest BCUT2D eigenvalue weighted by molar-refractivity contribution is 0.122. The summed E-state index contributed by atoms with van der Waals surface area (Å²) in [5, 5.41) is 9.93. The van der Waals surface area contributed by atoms with Crippen LogP contribution in [0.4, 0.5) is 5.69 Å². The van der Waals surface area contributed by atoms with E-state index < -0.39 is 6.10 Å². The summed E-state index contributed by atoms with van der Waals surface area (Å²) in [6.07, 6.45) is 4.47. The van der Waals surface area contributed by atoms with Crippen molar-refractivity contribution in [3.8, 4) is 23.5 Å². The Kier molecular flexibility index (Phi) is 4.43. The first-order chi connectivity index (χ1) is 10.8. The smallest absolute Gasteiger partial charge is 0.140 e. The lowest BCUT2D eigenvalue weighted by atomic mass is 9.98. The maximum Gasteiger partial charge on any atom is 0.140 e. The maximum atomic E-state index is 9.93. The van der Waals surface area contributed by atoms with Crippen LogP contribution in [0.25, 0.3) is 11.1 Å². The molecule has 1 atom stereocenters. The van der Waals surface area contributed by atoms with E-state index in [0.29, 0.717) is 0 Å². The van der Waals surface area contributed by atoms with Crippen molar-refractivity contribution in [2.45, 2.75) is 6.10 Å². The molecule has 1 unspecified atom stereocenters. The number of ether oxygens (including phenoxy) is 1. The van der Waals surface area contributed by atoms with Crippen molar-refractivity contribution in [2.75, 3.05) is 31.2 Å². The highest BCUT2D eigenvalue weighted by atomic mass is 16.5. The molecule has 1 heterocycles. The molecule has 0 saturated carbocycles. The Morgan fingerprint density at radius 1 is 1.09 bits per heavy atom. The van der Waals surface area contributed by atoms with E-state index in [2.05, 4.69) is 23.0 Å². The van der Waals surface area contributed by atoms with Gasteiger partial charge in [-0.05, 0) is 23.3 Å². The van der Waals surface area contributed by atoms with Gasteiger partial charge in [0, 0.05) is 24.3 Å². The molecule has 0 bridgehead atoms. The molecule has 1 aliphatic heterocycles. The van der Waals surface area contributed by atoms with Crippen LogP contribution in [0, 0.1) is 12.3 Å². The highest BCUT2D eigenvalue weighted by molar-refractivity contribution is 5.79. The minimum Gasteiger partial charge on any atom is -0.378 e. The number of anilines is 1. The average molecular weight is 293 g/mol. The third-order valence-corrected chi connectivity index (χ3v) is 3.93. The standard InChI is InChI=1S/C19H19NO2/c1-2-19(21)16-8-9-18(20-10-12-22-13-11-20)17(14-16)15-6-4-3-5-7-15/h1,3-9,14,19,21H,10-13H2. The molecule has 22 heavy (non-hydrogen) atoms. The van der Waals surface area contributed by atoms with Crippen LogP contribution in [0.2, 0.25) is 0 Å². The van der Waals surface area contributed by atoms with Gasteiger partial charge in [0.25, 0.3) is 0 Å². The molecule has 2 aromatic rings. The lowest BCUT2D eigenvalue weighted by Gasteiger charge is -2.31. The molecule has 0 spiro atoms. The molecule has 3 nitrogen and oxygen atoms in total. The van der Waals surface area contributed by atoms with Crippen LogP contribution in [0.1, 0.15) is 11.7 Å². The van der Waals surface area contributed by atoms with E-state index in [9.17, 15) is 5.11 Å². The van der Waals surface area contributed by atoms with Crippen molar-refractivity contribution in [1.29, 1.82) is 0 Å². The summed E-state index contributed by atoms with van der Waals surface area (Å²) >= 11 is 0. The second-order valence-electron chi connectivity index (χ2n) is 5.31. The molecule has 1 aliphatic rings. The second-order valence-corrected chi connectivity index (χ2v) is 5.31. The van der Waals surface area contributed by atoms with Crippen molar-refractivity contribution in [1.82, 2.24) is 0 Å². The highest BCUT2D eigenvalue weighted by Crippen LogP contribution is 2.33. The van der Waals surface area contributed by atoms with Gasteiger partial charge in [-0.1, -0.05) is 42.3 Å². The van der Waals surface area contributed by atoms with Gasteiger partial charge in [0.1, 0.15) is 6.10 Å². The number of morpholine rings is 1. The van der Waals surface area contributed by atoms with Crippen LogP contribution in [0.15, 0.2) is 48.5 Å². The van der Waals surface area contributed by atoms with E-state index in [-0.39, 0.29) is 0 Å². The first-order valence-electron chi connectivity index (χ1n) is 7.46. The molecule has 112 valence electrons. The molecule has 1 N–H and O–H groups in total. The average Bonchev–Trinajstić information content (AvgIpc) is 2.62. The summed E-state index contributed by atoms with van der Waals surface area (Å²) in [7, 11) is 0. The number of terminal acetylenes is 1. The zero-order valence-corrected chi connectivity index (χ0v) is 12.4. The van der Waals surface area contributed by atoms with E-state index in [4.69, 9.17) is 11.2 Å². The van der Waals surface area contributed by atoms with Gasteiger partial charge in [-0.25, -0.2) is 0 Å². The fourth-order valence-corrected chi connectivity index (χ4v) is 2.75. The normalized spacial score (nSPS) is 16.1. The van der Waals surface area contributed by atoms with Gasteiger partial charge in [0.05, 0.1) is 13.2 Å². The van der Waals surface area contributed by atoms with Gasteiger partial charge < -0.3 is 14.7 Å². The number of benzene rings is 2. The summed E-state index contributed by atoms with van der Waals surface area (Å²) in [4.78, 5) is 2.32. The summed E-state index contributed by atoms with van der Waals surface area (Å²) in [5.41, 5.74) is 4.12. The van der Waals surface area contributed by atoms with Gasteiger partial charge in [-0.2, -0.15) is 0 Å². The molecular weight excluding hydrogens is 274 g/mol. The number of aliphatic hydroxyl groups is 1. The first-order valence-corrected chi connectivity index (χ1v) is 7.46. The van der Waals surface area contributed by atoms with E-state index in [1.807, 2.05) is 36.4 Å². The topological polar surface area (TPSA) is 32.7 Å². The quantitative estimate of drug-likeness (QED) is 0.883. The number of nitrogens with zero attached hydrogens (tertiary/aromatic N) is 1. The van der Waals surface area contributed by atoms with Crippen LogP contribution in [-0.4, -0.2) is 31.4 Å². The molecule has 1 fully saturated rings. The molecular formula is C19H19NO2. The molecule has 2 aromatic carbocycles. The predicted molar refractivity (Wildman–Crippen MR) is 88.7 cm³/mol. The third-order valence-electron chi connectivity index (χ3n) is 3.93. The van der Waals surface area contributed by atoms with Crippen LogP contribution in [0.5, 0.6) is 0 Å². The van der Waals surface area contributed by atoms with E-state index in [1.54, 1.807) is 0 Å². The van der Waals surface area contributed by atoms with Crippen LogP contribution in [0.3, 0.4) is 0 Å². The van der Waals surface area contributed by atoms with Crippen LogP contribution in [-0.2, 0) is 4.74 Å². The number of hydrogen-bond donors (Lipinski definition) is 1. The SMILES string of the molecule is C#CC(O)c1ccc(N2CCOCC2)c(-c2ccccc2)c1. The largest absolute Gasteiger partial charge is 0.378 e. The van der Waals surface area contributed by atoms with E-state index in [1.165, 1.54) is 0 Å². The maximum absolute atomic E-state index is 9.93. The Balaban J connectivity index is 2.07. The Morgan fingerprint density at radius 2 is 1.82 bits per heavy atom. The molecule has 3 heteroatoms. The Labute approximate surface area is 131 Å². The molecule has 0 aromatic heterocycles. The van der Waals surface area contributed by atoms with Crippen molar-refractivity contribution in [3.05, 3.63) is 54.1 Å². The van der Waals surface area contributed by atoms with Crippen LogP contribution >= 0.6 is 0 Å². The molecule has 1 saturated heterocycles. The third kappa shape index (κ3) is 2.99. The number of hydrogen-bond acceptors (Lipinski definition) is 3. The lowest BCUT2D eigenvalue weighted by Crippen LogP contribution is -2.36. The summed E-state index contributed by atoms with van der Waals surface area (Å²) < 4.78 is 5.44. The second kappa shape index (κ2) is 6.65. The van der Waals surface area contributed by atoms with Gasteiger partial charge in [0.2, 0.25) is 0 Å². The Morgan fingerprint density at radius 3 is 2.50 bits per heavy atom. The molecule has 3 rings (SSSR count). The first kappa shape index (κ1) is 14.6. The minimum atomic E-state index is -0.874. The van der Waals surface area contributed by atoms with E-state index >= 15 is 0 Å². The van der Waals surface area contributed by atoms with Gasteiger partial charge >= 0.3 is 0 Å². The molecule has 0 radical (unpaired) electrons. The van der Waals surface area contributed by atoms with Crippen molar-refractivity contribution in [2.24, 2.45) is 0 Å². The predicted octanol–water partition coefficient (Wildman–Crippen LogP) is 2.86. The monoisotopic (exact) mass is 293 g/mol. The van der Waals surface area contributed by atoms with Gasteiger partial charge in [-0.15, -0.1) is 6.42 Å². The molecule has 0 aliphatic carbocycles. The van der Waals surface area contributed by atoms with Gasteiger partial charge in [0.15, 0.2) is 0 Å². The number of aliphatic hydroxyl groups excluding tert-OH is 1. The summed E-state index contributed by atoms with van der Waals surface area (Å²) in [5.74, 6) is 2.38.